The molecule has 2 N–H and O–H groups in total. The van der Waals surface area contributed by atoms with E-state index in [1.54, 1.807) is 28.6 Å². The van der Waals surface area contributed by atoms with Gasteiger partial charge in [0.15, 0.2) is 0 Å². The Balaban J connectivity index is 0.00000220. The van der Waals surface area contributed by atoms with Gasteiger partial charge >= 0.3 is 0 Å². The number of ether oxygens (including phenoxy) is 1. The van der Waals surface area contributed by atoms with Crippen molar-refractivity contribution < 1.29 is 19.5 Å². The molecule has 0 bridgehead atoms. The zero-order valence-corrected chi connectivity index (χ0v) is 13.0. The lowest BCUT2D eigenvalue weighted by atomic mass is 10.1. The molecule has 0 fully saturated rings. The Hall–Kier alpha value is -1.73. The Morgan fingerprint density at radius 2 is 2.19 bits per heavy atom. The zero-order chi connectivity index (χ0) is 14.7. The number of carbonyl (C=O) groups excluding carboxylic acids is 2. The van der Waals surface area contributed by atoms with E-state index in [4.69, 9.17) is 9.94 Å². The molecular formula is C14H20N2O4S. The van der Waals surface area contributed by atoms with E-state index in [1.807, 2.05) is 13.8 Å². The number of hydrogen-bond acceptors (Lipinski definition) is 4. The molecule has 0 radical (unpaired) electrons. The number of hydrogen-bond donors (Lipinski definition) is 2. The molecule has 1 aliphatic heterocycles. The largest absolute Gasteiger partial charge is 0.491 e. The van der Waals surface area contributed by atoms with Crippen LogP contribution in [0.25, 0.3) is 0 Å². The summed E-state index contributed by atoms with van der Waals surface area (Å²) in [7, 11) is 0. The maximum Gasteiger partial charge on any atom is 0.274 e. The summed E-state index contributed by atoms with van der Waals surface area (Å²) >= 11 is 0. The Kier molecular flexibility index (Phi) is 6.04. The first-order valence-corrected chi connectivity index (χ1v) is 6.56. The monoisotopic (exact) mass is 312 g/mol. The maximum atomic E-state index is 11.9. The predicted molar refractivity (Wildman–Crippen MR) is 81.9 cm³/mol. The van der Waals surface area contributed by atoms with E-state index in [0.29, 0.717) is 30.9 Å². The van der Waals surface area contributed by atoms with Crippen molar-refractivity contribution in [1.29, 1.82) is 0 Å². The van der Waals surface area contributed by atoms with Gasteiger partial charge in [-0.15, -0.1) is 0 Å². The van der Waals surface area contributed by atoms with Crippen LogP contribution in [0.1, 0.15) is 36.2 Å². The van der Waals surface area contributed by atoms with Crippen LogP contribution in [0.5, 0.6) is 5.75 Å². The topological polar surface area (TPSA) is 78.9 Å². The van der Waals surface area contributed by atoms with Gasteiger partial charge in [0.2, 0.25) is 5.91 Å². The summed E-state index contributed by atoms with van der Waals surface area (Å²) in [6.45, 7) is 4.60. The molecule has 0 spiro atoms. The Morgan fingerprint density at radius 1 is 1.48 bits per heavy atom. The first-order valence-electron chi connectivity index (χ1n) is 6.56. The molecule has 1 aromatic rings. The van der Waals surface area contributed by atoms with Gasteiger partial charge in [-0.2, -0.15) is 13.5 Å². The van der Waals surface area contributed by atoms with Crippen LogP contribution >= 0.6 is 13.5 Å². The van der Waals surface area contributed by atoms with Crippen molar-refractivity contribution in [1.82, 2.24) is 10.4 Å². The zero-order valence-electron chi connectivity index (χ0n) is 12.0. The van der Waals surface area contributed by atoms with Gasteiger partial charge in [-0.25, -0.2) is 5.48 Å². The molecule has 2 amide bonds. The van der Waals surface area contributed by atoms with Crippen molar-refractivity contribution in [2.24, 2.45) is 0 Å². The number of hydroxylamine groups is 1. The van der Waals surface area contributed by atoms with E-state index in [2.05, 4.69) is 0 Å². The van der Waals surface area contributed by atoms with Gasteiger partial charge in [-0.3, -0.25) is 14.8 Å². The molecule has 1 heterocycles. The molecule has 116 valence electrons. The molecule has 0 saturated heterocycles. The minimum atomic E-state index is -0.588. The number of fused-ring (bicyclic) bond motifs is 1. The highest BCUT2D eigenvalue weighted by Gasteiger charge is 2.25. The van der Waals surface area contributed by atoms with Gasteiger partial charge < -0.3 is 9.64 Å². The molecule has 6 nitrogen and oxygen atoms in total. The van der Waals surface area contributed by atoms with Crippen LogP contribution in [0.15, 0.2) is 18.2 Å². The van der Waals surface area contributed by atoms with Gasteiger partial charge in [0.05, 0.1) is 6.04 Å². The van der Waals surface area contributed by atoms with Crippen molar-refractivity contribution in [3.8, 4) is 5.75 Å². The average molecular weight is 312 g/mol. The van der Waals surface area contributed by atoms with Gasteiger partial charge in [-0.05, 0) is 19.1 Å². The summed E-state index contributed by atoms with van der Waals surface area (Å²) < 4.78 is 5.67. The van der Waals surface area contributed by atoms with Crippen LogP contribution in [0, 0.1) is 0 Å². The van der Waals surface area contributed by atoms with Gasteiger partial charge in [-0.1, -0.05) is 13.0 Å². The first kappa shape index (κ1) is 17.3. The Morgan fingerprint density at radius 3 is 2.81 bits per heavy atom. The summed E-state index contributed by atoms with van der Waals surface area (Å²) in [5.74, 6) is 0.0608. The number of benzene rings is 1. The lowest BCUT2D eigenvalue weighted by molar-refractivity contribution is -0.133. The first-order chi connectivity index (χ1) is 9.56. The lowest BCUT2D eigenvalue weighted by Crippen LogP contribution is -2.39. The Labute approximate surface area is 130 Å². The standard InChI is InChI=1S/C14H18N2O4.H2S/c1-3-13(17)16-7-11-5-4-10(14(18)15-19)6-12(11)20-8-9(16)2;/h4-6,9,19H,3,7-8H2,1-2H3,(H,15,18);1H2/t9-;/m0./s1. The predicted octanol–water partition coefficient (Wildman–Crippen LogP) is 1.44. The van der Waals surface area contributed by atoms with Crippen LogP contribution in [0.2, 0.25) is 0 Å². The Bertz CT molecular complexity index is 536. The van der Waals surface area contributed by atoms with Crippen molar-refractivity contribution in [3.63, 3.8) is 0 Å². The molecular weight excluding hydrogens is 292 g/mol. The minimum Gasteiger partial charge on any atom is -0.491 e. The summed E-state index contributed by atoms with van der Waals surface area (Å²) in [5, 5.41) is 8.64. The fourth-order valence-electron chi connectivity index (χ4n) is 2.20. The van der Waals surface area contributed by atoms with E-state index >= 15 is 0 Å². The van der Waals surface area contributed by atoms with Crippen LogP contribution in [-0.2, 0) is 11.3 Å². The molecule has 1 aliphatic rings. The van der Waals surface area contributed by atoms with Crippen molar-refractivity contribution in [2.75, 3.05) is 6.61 Å². The molecule has 0 unspecified atom stereocenters. The third kappa shape index (κ3) is 3.68. The van der Waals surface area contributed by atoms with Gasteiger partial charge in [0.25, 0.3) is 5.91 Å². The summed E-state index contributed by atoms with van der Waals surface area (Å²) in [5.41, 5.74) is 2.76. The van der Waals surface area contributed by atoms with E-state index in [9.17, 15) is 9.59 Å². The SMILES string of the molecule is CCC(=O)N1Cc2ccc(C(=O)NO)cc2OC[C@@H]1C.S. The number of amides is 2. The fourth-order valence-corrected chi connectivity index (χ4v) is 2.20. The number of nitrogens with zero attached hydrogens (tertiary/aromatic N) is 1. The van der Waals surface area contributed by atoms with E-state index < -0.39 is 5.91 Å². The highest BCUT2D eigenvalue weighted by molar-refractivity contribution is 7.59. The minimum absolute atomic E-state index is 0. The second kappa shape index (κ2) is 7.33. The van der Waals surface area contributed by atoms with Gasteiger partial charge in [0, 0.05) is 24.1 Å². The molecule has 0 aliphatic carbocycles. The fraction of sp³-hybridized carbons (Fsp3) is 0.429. The summed E-state index contributed by atoms with van der Waals surface area (Å²) in [6, 6.07) is 4.89. The third-order valence-electron chi connectivity index (χ3n) is 3.41. The smallest absolute Gasteiger partial charge is 0.274 e. The van der Waals surface area contributed by atoms with Crippen molar-refractivity contribution in [2.45, 2.75) is 32.9 Å². The van der Waals surface area contributed by atoms with Crippen molar-refractivity contribution in [3.05, 3.63) is 29.3 Å². The number of nitrogens with one attached hydrogen (secondary N) is 1. The summed E-state index contributed by atoms with van der Waals surface area (Å²) in [4.78, 5) is 25.1. The van der Waals surface area contributed by atoms with E-state index in [1.165, 1.54) is 0 Å². The van der Waals surface area contributed by atoms with Crippen LogP contribution in [0.3, 0.4) is 0 Å². The summed E-state index contributed by atoms with van der Waals surface area (Å²) in [6.07, 6.45) is 0.449. The second-order valence-electron chi connectivity index (χ2n) is 4.80. The highest BCUT2D eigenvalue weighted by Crippen LogP contribution is 2.26. The van der Waals surface area contributed by atoms with Crippen LogP contribution in [0.4, 0.5) is 0 Å². The van der Waals surface area contributed by atoms with Crippen LogP contribution in [-0.4, -0.2) is 34.6 Å². The highest BCUT2D eigenvalue weighted by atomic mass is 32.1. The molecule has 1 aromatic carbocycles. The average Bonchev–Trinajstić information content (AvgIpc) is 2.64. The number of carbonyl (C=O) groups is 2. The van der Waals surface area contributed by atoms with E-state index in [0.717, 1.165) is 5.56 Å². The molecule has 2 rings (SSSR count). The lowest BCUT2D eigenvalue weighted by Gasteiger charge is -2.25. The second-order valence-corrected chi connectivity index (χ2v) is 4.80. The van der Waals surface area contributed by atoms with Crippen molar-refractivity contribution >= 4 is 25.3 Å². The maximum absolute atomic E-state index is 11.9. The normalized spacial score (nSPS) is 16.9. The third-order valence-corrected chi connectivity index (χ3v) is 3.41. The molecule has 0 saturated carbocycles. The van der Waals surface area contributed by atoms with E-state index in [-0.39, 0.29) is 25.4 Å². The molecule has 0 aromatic heterocycles. The van der Waals surface area contributed by atoms with Gasteiger partial charge in [0.1, 0.15) is 12.4 Å². The molecule has 7 heteroatoms. The number of rotatable bonds is 2. The molecule has 1 atom stereocenters. The quantitative estimate of drug-likeness (QED) is 0.640. The molecule has 21 heavy (non-hydrogen) atoms. The van der Waals surface area contributed by atoms with Crippen LogP contribution < -0.4 is 10.2 Å².